The van der Waals surface area contributed by atoms with E-state index in [1.807, 2.05) is 0 Å². The number of hydrogen-bond donors (Lipinski definition) is 1. The Kier molecular flexibility index (Phi) is 3.65. The van der Waals surface area contributed by atoms with Gasteiger partial charge in [-0.25, -0.2) is 4.79 Å². The number of aromatic nitrogens is 1. The molecule has 0 bridgehead atoms. The van der Waals surface area contributed by atoms with Crippen molar-refractivity contribution in [1.29, 1.82) is 0 Å². The van der Waals surface area contributed by atoms with E-state index in [1.54, 1.807) is 13.0 Å². The second-order valence-corrected chi connectivity index (χ2v) is 4.00. The van der Waals surface area contributed by atoms with Crippen LogP contribution in [0.25, 0.3) is 0 Å². The molecule has 1 aromatic carbocycles. The summed E-state index contributed by atoms with van der Waals surface area (Å²) in [7, 11) is 0. The van der Waals surface area contributed by atoms with Gasteiger partial charge in [-0.05, 0) is 18.6 Å². The molecule has 104 valence electrons. The first kappa shape index (κ1) is 13.5. The number of nitro groups is 1. The van der Waals surface area contributed by atoms with E-state index in [0.717, 1.165) is 5.56 Å². The molecule has 0 fully saturated rings. The fourth-order valence-corrected chi connectivity index (χ4v) is 1.52. The van der Waals surface area contributed by atoms with Gasteiger partial charge in [-0.15, -0.1) is 0 Å². The summed E-state index contributed by atoms with van der Waals surface area (Å²) in [6, 6.07) is 5.73. The Morgan fingerprint density at radius 2 is 2.25 bits per heavy atom. The summed E-state index contributed by atoms with van der Waals surface area (Å²) in [4.78, 5) is 21.0. The van der Waals surface area contributed by atoms with Gasteiger partial charge in [0.2, 0.25) is 0 Å². The first-order valence-electron chi connectivity index (χ1n) is 5.54. The van der Waals surface area contributed by atoms with Crippen LogP contribution >= 0.6 is 0 Å². The Morgan fingerprint density at radius 1 is 1.50 bits per heavy atom. The molecule has 2 aromatic rings. The minimum Gasteiger partial charge on any atom is -0.479 e. The molecule has 0 aliphatic carbocycles. The van der Waals surface area contributed by atoms with Crippen LogP contribution in [-0.2, 0) is 6.61 Å². The van der Waals surface area contributed by atoms with E-state index >= 15 is 0 Å². The van der Waals surface area contributed by atoms with Gasteiger partial charge in [0.1, 0.15) is 6.61 Å². The van der Waals surface area contributed by atoms with Crippen molar-refractivity contribution in [2.24, 2.45) is 0 Å². The van der Waals surface area contributed by atoms with Gasteiger partial charge < -0.3 is 14.4 Å². The summed E-state index contributed by atoms with van der Waals surface area (Å²) in [6.45, 7) is 1.58. The highest BCUT2D eigenvalue weighted by Gasteiger charge is 2.17. The molecule has 0 amide bonds. The topological polar surface area (TPSA) is 116 Å². The van der Waals surface area contributed by atoms with Crippen LogP contribution in [0.2, 0.25) is 0 Å². The van der Waals surface area contributed by atoms with Gasteiger partial charge in [0.15, 0.2) is 17.2 Å². The van der Waals surface area contributed by atoms with Crippen LogP contribution < -0.4 is 4.74 Å². The third-order valence-electron chi connectivity index (χ3n) is 2.46. The van der Waals surface area contributed by atoms with Crippen molar-refractivity contribution in [3.63, 3.8) is 0 Å². The molecule has 0 atom stereocenters. The fourth-order valence-electron chi connectivity index (χ4n) is 1.52. The number of rotatable bonds is 5. The molecule has 0 radical (unpaired) electrons. The molecule has 2 rings (SSSR count). The molecule has 0 aliphatic heterocycles. The summed E-state index contributed by atoms with van der Waals surface area (Å²) in [5.74, 6) is -0.979. The molecule has 0 saturated heterocycles. The first-order valence-corrected chi connectivity index (χ1v) is 5.54. The van der Waals surface area contributed by atoms with Crippen LogP contribution in [0.5, 0.6) is 5.75 Å². The molecule has 1 heterocycles. The van der Waals surface area contributed by atoms with Crippen LogP contribution in [0.4, 0.5) is 5.69 Å². The van der Waals surface area contributed by atoms with Crippen molar-refractivity contribution in [1.82, 2.24) is 5.16 Å². The number of nitrogens with zero attached hydrogens (tertiary/aromatic N) is 2. The number of nitro benzene ring substituents is 1. The van der Waals surface area contributed by atoms with Crippen LogP contribution in [0.1, 0.15) is 21.8 Å². The Bertz CT molecular complexity index is 664. The van der Waals surface area contributed by atoms with Gasteiger partial charge in [-0.2, -0.15) is 0 Å². The second-order valence-electron chi connectivity index (χ2n) is 4.00. The molecule has 1 aromatic heterocycles. The largest absolute Gasteiger partial charge is 0.479 e. The predicted molar refractivity (Wildman–Crippen MR) is 65.6 cm³/mol. The van der Waals surface area contributed by atoms with Crippen LogP contribution in [0, 0.1) is 17.0 Å². The smallest absolute Gasteiger partial charge is 0.358 e. The van der Waals surface area contributed by atoms with Crippen molar-refractivity contribution in [3.05, 3.63) is 51.4 Å². The second kappa shape index (κ2) is 5.39. The van der Waals surface area contributed by atoms with Gasteiger partial charge >= 0.3 is 11.7 Å². The average Bonchev–Trinajstić information content (AvgIpc) is 2.86. The van der Waals surface area contributed by atoms with Crippen LogP contribution in [0.3, 0.4) is 0 Å². The monoisotopic (exact) mass is 278 g/mol. The summed E-state index contributed by atoms with van der Waals surface area (Å²) in [6.07, 6.45) is 0. The number of aryl methyl sites for hydroxylation is 1. The zero-order valence-electron chi connectivity index (χ0n) is 10.4. The van der Waals surface area contributed by atoms with Gasteiger partial charge in [-0.3, -0.25) is 10.1 Å². The lowest BCUT2D eigenvalue weighted by molar-refractivity contribution is -0.386. The lowest BCUT2D eigenvalue weighted by atomic mass is 10.2. The molecule has 1 N–H and O–H groups in total. The number of carboxylic acid groups (broad SMARTS) is 1. The summed E-state index contributed by atoms with van der Waals surface area (Å²) in [5.41, 5.74) is 0.321. The number of benzene rings is 1. The van der Waals surface area contributed by atoms with E-state index in [-0.39, 0.29) is 29.5 Å². The summed E-state index contributed by atoms with van der Waals surface area (Å²) >= 11 is 0. The van der Waals surface area contributed by atoms with Gasteiger partial charge in [0.25, 0.3) is 0 Å². The lowest BCUT2D eigenvalue weighted by Gasteiger charge is -2.05. The van der Waals surface area contributed by atoms with E-state index in [0.29, 0.717) is 0 Å². The third-order valence-corrected chi connectivity index (χ3v) is 2.46. The van der Waals surface area contributed by atoms with Crippen molar-refractivity contribution >= 4 is 11.7 Å². The molecule has 8 nitrogen and oxygen atoms in total. The molecule has 0 spiro atoms. The number of hydrogen-bond acceptors (Lipinski definition) is 6. The van der Waals surface area contributed by atoms with Crippen molar-refractivity contribution in [3.8, 4) is 5.75 Å². The highest BCUT2D eigenvalue weighted by atomic mass is 16.6. The summed E-state index contributed by atoms with van der Waals surface area (Å²) in [5, 5.41) is 22.9. The molecule has 20 heavy (non-hydrogen) atoms. The van der Waals surface area contributed by atoms with Gasteiger partial charge in [0, 0.05) is 12.1 Å². The maximum Gasteiger partial charge on any atom is 0.358 e. The average molecular weight is 278 g/mol. The zero-order valence-corrected chi connectivity index (χ0v) is 10.4. The molecular formula is C12H10N2O6. The van der Waals surface area contributed by atoms with Crippen molar-refractivity contribution in [2.45, 2.75) is 13.5 Å². The Labute approximate surface area is 112 Å². The summed E-state index contributed by atoms with van der Waals surface area (Å²) < 4.78 is 10.0. The Hall–Kier alpha value is -2.90. The normalized spacial score (nSPS) is 10.2. The zero-order chi connectivity index (χ0) is 14.7. The molecular weight excluding hydrogens is 268 g/mol. The molecule has 8 heteroatoms. The first-order chi connectivity index (χ1) is 9.47. The molecule has 0 aliphatic rings. The third kappa shape index (κ3) is 2.91. The van der Waals surface area contributed by atoms with E-state index in [2.05, 4.69) is 5.16 Å². The van der Waals surface area contributed by atoms with Crippen LogP contribution in [-0.4, -0.2) is 21.2 Å². The fraction of sp³-hybridized carbons (Fsp3) is 0.167. The number of carbonyl (C=O) groups is 1. The number of ether oxygens (including phenoxy) is 1. The highest BCUT2D eigenvalue weighted by Crippen LogP contribution is 2.28. The van der Waals surface area contributed by atoms with Crippen molar-refractivity contribution in [2.75, 3.05) is 0 Å². The quantitative estimate of drug-likeness (QED) is 0.658. The van der Waals surface area contributed by atoms with E-state index < -0.39 is 10.9 Å². The molecule has 0 unspecified atom stereocenters. The van der Waals surface area contributed by atoms with E-state index in [4.69, 9.17) is 14.4 Å². The standard InChI is InChI=1S/C12H10N2O6/c1-7-2-3-11(10(4-7)14(17)18)19-6-8-5-9(12(15)16)13-20-8/h2-5H,6H2,1H3,(H,15,16). The highest BCUT2D eigenvalue weighted by molar-refractivity contribution is 5.85. The van der Waals surface area contributed by atoms with Crippen LogP contribution in [0.15, 0.2) is 28.8 Å². The lowest BCUT2D eigenvalue weighted by Crippen LogP contribution is -1.99. The van der Waals surface area contributed by atoms with E-state index in [9.17, 15) is 14.9 Å². The number of carboxylic acids is 1. The predicted octanol–water partition coefficient (Wildman–Crippen LogP) is 2.17. The maximum atomic E-state index is 10.9. The van der Waals surface area contributed by atoms with E-state index in [1.165, 1.54) is 18.2 Å². The van der Waals surface area contributed by atoms with Crippen molar-refractivity contribution < 1.29 is 24.1 Å². The SMILES string of the molecule is Cc1ccc(OCc2cc(C(=O)O)no2)c([N+](=O)[O-])c1. The number of aromatic carboxylic acids is 1. The van der Waals surface area contributed by atoms with Gasteiger partial charge in [0.05, 0.1) is 4.92 Å². The minimum atomic E-state index is -1.22. The molecule has 0 saturated carbocycles. The Balaban J connectivity index is 2.14. The maximum absolute atomic E-state index is 10.9. The minimum absolute atomic E-state index is 0.0777. The van der Waals surface area contributed by atoms with Gasteiger partial charge in [-0.1, -0.05) is 11.2 Å². The Morgan fingerprint density at radius 3 is 2.85 bits per heavy atom.